The van der Waals surface area contributed by atoms with Crippen molar-refractivity contribution in [2.24, 2.45) is 5.92 Å². The largest absolute Gasteiger partial charge is 0.360 e. The number of benzene rings is 2. The van der Waals surface area contributed by atoms with E-state index in [-0.39, 0.29) is 24.2 Å². The molecule has 6 nitrogen and oxygen atoms in total. The van der Waals surface area contributed by atoms with Gasteiger partial charge in [0.1, 0.15) is 0 Å². The first kappa shape index (κ1) is 21.4. The number of hydrogen-bond acceptors (Lipinski definition) is 3. The highest BCUT2D eigenvalue weighted by molar-refractivity contribution is 6.04. The monoisotopic (exact) mass is 421 g/mol. The lowest BCUT2D eigenvalue weighted by atomic mass is 10.1. The number of nitrogens with zero attached hydrogens (tertiary/aromatic N) is 2. The summed E-state index contributed by atoms with van der Waals surface area (Å²) >= 11 is 0. The van der Waals surface area contributed by atoms with Crippen LogP contribution in [0.2, 0.25) is 0 Å². The van der Waals surface area contributed by atoms with E-state index in [9.17, 15) is 9.59 Å². The lowest BCUT2D eigenvalue weighted by molar-refractivity contribution is -0.880. The van der Waals surface area contributed by atoms with Crippen molar-refractivity contribution in [1.82, 2.24) is 0 Å². The molecule has 2 aromatic rings. The van der Waals surface area contributed by atoms with Gasteiger partial charge in [-0.3, -0.25) is 9.59 Å². The maximum Gasteiger partial charge on any atom is 0.229 e. The summed E-state index contributed by atoms with van der Waals surface area (Å²) in [5.74, 6) is -0.397. The molecule has 2 N–H and O–H groups in total. The minimum absolute atomic E-state index is 0.0188. The summed E-state index contributed by atoms with van der Waals surface area (Å²) in [4.78, 5) is 31.4. The van der Waals surface area contributed by atoms with E-state index < -0.39 is 0 Å². The molecule has 31 heavy (non-hydrogen) atoms. The maximum absolute atomic E-state index is 13.0. The molecule has 4 rings (SSSR count). The Kier molecular flexibility index (Phi) is 6.28. The van der Waals surface area contributed by atoms with Crippen LogP contribution in [-0.4, -0.2) is 51.6 Å². The fourth-order valence-electron chi connectivity index (χ4n) is 4.56. The third-order valence-electron chi connectivity index (χ3n) is 6.61. The number of hydrogen-bond donors (Lipinski definition) is 2. The van der Waals surface area contributed by atoms with Crippen LogP contribution in [0.5, 0.6) is 0 Å². The molecule has 1 atom stereocenters. The zero-order valence-corrected chi connectivity index (χ0v) is 18.8. The quantitative estimate of drug-likeness (QED) is 0.775. The van der Waals surface area contributed by atoms with Gasteiger partial charge in [-0.15, -0.1) is 0 Å². The number of piperazine rings is 1. The van der Waals surface area contributed by atoms with Gasteiger partial charge in [-0.25, -0.2) is 0 Å². The van der Waals surface area contributed by atoms with E-state index in [2.05, 4.69) is 36.3 Å². The van der Waals surface area contributed by atoms with Gasteiger partial charge < -0.3 is 20.0 Å². The predicted molar refractivity (Wildman–Crippen MR) is 125 cm³/mol. The Bertz CT molecular complexity index is 966. The van der Waals surface area contributed by atoms with E-state index >= 15 is 0 Å². The van der Waals surface area contributed by atoms with E-state index in [0.29, 0.717) is 6.54 Å². The summed E-state index contributed by atoms with van der Waals surface area (Å²) in [5, 5.41) is 3.07. The molecule has 0 radical (unpaired) electrons. The molecule has 0 bridgehead atoms. The molecule has 6 heteroatoms. The summed E-state index contributed by atoms with van der Waals surface area (Å²) in [6, 6.07) is 14.2. The second-order valence-electron chi connectivity index (χ2n) is 8.82. The average Bonchev–Trinajstić information content (AvgIpc) is 3.17. The zero-order valence-electron chi connectivity index (χ0n) is 18.8. The molecule has 2 fully saturated rings. The predicted octanol–water partition coefficient (Wildman–Crippen LogP) is 1.88. The zero-order chi connectivity index (χ0) is 22.0. The Morgan fingerprint density at radius 3 is 2.61 bits per heavy atom. The van der Waals surface area contributed by atoms with Gasteiger partial charge >= 0.3 is 0 Å². The average molecular weight is 422 g/mol. The van der Waals surface area contributed by atoms with E-state index in [0.717, 1.165) is 55.1 Å². The van der Waals surface area contributed by atoms with Crippen molar-refractivity contribution in [3.63, 3.8) is 0 Å². The highest BCUT2D eigenvalue weighted by Crippen LogP contribution is 2.30. The number of rotatable bonds is 5. The van der Waals surface area contributed by atoms with Gasteiger partial charge in [-0.2, -0.15) is 0 Å². The molecule has 0 aliphatic carbocycles. The van der Waals surface area contributed by atoms with Crippen molar-refractivity contribution >= 4 is 28.9 Å². The number of amides is 2. The van der Waals surface area contributed by atoms with E-state index in [1.54, 1.807) is 9.80 Å². The Hall–Kier alpha value is -2.86. The molecule has 0 unspecified atom stereocenters. The molecule has 0 spiro atoms. The fourth-order valence-corrected chi connectivity index (χ4v) is 4.56. The van der Waals surface area contributed by atoms with Crippen molar-refractivity contribution in [1.29, 1.82) is 0 Å². The van der Waals surface area contributed by atoms with Crippen LogP contribution in [0.25, 0.3) is 0 Å². The number of para-hydroxylation sites is 1. The minimum Gasteiger partial charge on any atom is -0.360 e. The number of likely N-dealkylation sites (N-methyl/N-ethyl adjacent to an activating group) is 1. The minimum atomic E-state index is -0.336. The van der Waals surface area contributed by atoms with Gasteiger partial charge in [0.2, 0.25) is 11.8 Å². The second kappa shape index (κ2) is 9.10. The summed E-state index contributed by atoms with van der Waals surface area (Å²) in [6.45, 7) is 8.94. The molecule has 2 amide bonds. The number of carbonyl (C=O) groups is 2. The summed E-state index contributed by atoms with van der Waals surface area (Å²) < 4.78 is 0. The second-order valence-corrected chi connectivity index (χ2v) is 8.82. The summed E-state index contributed by atoms with van der Waals surface area (Å²) in [7, 11) is 2.23. The van der Waals surface area contributed by atoms with Gasteiger partial charge in [-0.05, 0) is 48.7 Å². The summed E-state index contributed by atoms with van der Waals surface area (Å²) in [6.07, 6.45) is 1.11. The van der Waals surface area contributed by atoms with Crippen LogP contribution < -0.4 is 20.0 Å². The van der Waals surface area contributed by atoms with Crippen LogP contribution in [0.15, 0.2) is 42.5 Å². The van der Waals surface area contributed by atoms with Crippen LogP contribution in [0.3, 0.4) is 0 Å². The highest BCUT2D eigenvalue weighted by atomic mass is 16.2. The lowest BCUT2D eigenvalue weighted by Gasteiger charge is -2.32. The van der Waals surface area contributed by atoms with Crippen LogP contribution in [0.1, 0.15) is 24.5 Å². The lowest BCUT2D eigenvalue weighted by Crippen LogP contribution is -3.12. The van der Waals surface area contributed by atoms with Crippen molar-refractivity contribution in [2.45, 2.75) is 26.7 Å². The summed E-state index contributed by atoms with van der Waals surface area (Å²) in [5.41, 5.74) is 5.15. The van der Waals surface area contributed by atoms with Crippen LogP contribution >= 0.6 is 0 Å². The van der Waals surface area contributed by atoms with Crippen LogP contribution in [-0.2, 0) is 16.0 Å². The van der Waals surface area contributed by atoms with E-state index in [1.165, 1.54) is 5.69 Å². The molecule has 2 aliphatic rings. The molecule has 2 aromatic carbocycles. The Balaban J connectivity index is 1.42. The van der Waals surface area contributed by atoms with E-state index in [4.69, 9.17) is 0 Å². The maximum atomic E-state index is 13.0. The first-order valence-electron chi connectivity index (χ1n) is 11.3. The molecular weight excluding hydrogens is 388 g/mol. The standard InChI is InChI=1S/C25H32N4O2/c1-4-19-7-5-6-8-23(19)29-17-20(16-24(29)30)25(31)26-22-10-9-21(15-18(22)2)28-13-11-27(3)12-14-28/h5-10,15,20H,4,11-14,16-17H2,1-3H3,(H,26,31)/p+1/t20-/m0/s1. The molecule has 2 aliphatic heterocycles. The SMILES string of the molecule is CCc1ccccc1N1C[C@@H](C(=O)Nc2ccc(N3CC[NH+](C)CC3)cc2C)CC1=O. The molecular formula is C25H33N4O2+. The number of aryl methyl sites for hydroxylation is 2. The molecule has 0 aromatic heterocycles. The van der Waals surface area contributed by atoms with Gasteiger partial charge in [0, 0.05) is 30.0 Å². The van der Waals surface area contributed by atoms with Gasteiger partial charge in [0.25, 0.3) is 0 Å². The number of carbonyl (C=O) groups excluding carboxylic acids is 2. The molecule has 164 valence electrons. The number of anilines is 3. The molecule has 2 saturated heterocycles. The van der Waals surface area contributed by atoms with Crippen LogP contribution in [0.4, 0.5) is 17.1 Å². The van der Waals surface area contributed by atoms with Gasteiger partial charge in [0.15, 0.2) is 0 Å². The van der Waals surface area contributed by atoms with Crippen molar-refractivity contribution < 1.29 is 14.5 Å². The smallest absolute Gasteiger partial charge is 0.229 e. The Labute approximate surface area is 184 Å². The topological polar surface area (TPSA) is 57.1 Å². The van der Waals surface area contributed by atoms with Crippen molar-refractivity contribution in [2.75, 3.05) is 54.9 Å². The van der Waals surface area contributed by atoms with Gasteiger partial charge in [-0.1, -0.05) is 25.1 Å². The third kappa shape index (κ3) is 4.59. The first-order valence-corrected chi connectivity index (χ1v) is 11.3. The van der Waals surface area contributed by atoms with Crippen molar-refractivity contribution in [3.8, 4) is 0 Å². The fraction of sp³-hybridized carbons (Fsp3) is 0.440. The Morgan fingerprint density at radius 2 is 1.90 bits per heavy atom. The number of nitrogens with one attached hydrogen (secondary N) is 2. The van der Waals surface area contributed by atoms with E-state index in [1.807, 2.05) is 37.3 Å². The molecule has 0 saturated carbocycles. The first-order chi connectivity index (χ1) is 15.0. The normalized spacial score (nSPS) is 19.7. The van der Waals surface area contributed by atoms with Crippen molar-refractivity contribution in [3.05, 3.63) is 53.6 Å². The Morgan fingerprint density at radius 1 is 1.16 bits per heavy atom. The number of quaternary nitrogens is 1. The van der Waals surface area contributed by atoms with Gasteiger partial charge in [0.05, 0.1) is 39.1 Å². The highest BCUT2D eigenvalue weighted by Gasteiger charge is 2.36. The molecule has 2 heterocycles. The van der Waals surface area contributed by atoms with Crippen LogP contribution in [0, 0.1) is 12.8 Å². The third-order valence-corrected chi connectivity index (χ3v) is 6.61.